The Hall–Kier alpha value is -1.55. The molecular formula is C18H28N2O2. The SMILES string of the molecule is Cc1ccc([C@@H]2CCCN(C(=O)OC(C)(C)C)CCN2)cc1. The number of carbonyl (C=O) groups excluding carboxylic acids is 1. The topological polar surface area (TPSA) is 41.6 Å². The quantitative estimate of drug-likeness (QED) is 0.861. The minimum absolute atomic E-state index is 0.205. The van der Waals surface area contributed by atoms with Crippen LogP contribution in [0.1, 0.15) is 50.8 Å². The largest absolute Gasteiger partial charge is 0.444 e. The highest BCUT2D eigenvalue weighted by Gasteiger charge is 2.23. The third-order valence-electron chi connectivity index (χ3n) is 3.82. The normalized spacial score (nSPS) is 20.2. The first-order valence-corrected chi connectivity index (χ1v) is 8.13. The summed E-state index contributed by atoms with van der Waals surface area (Å²) in [6.45, 7) is 10.1. The Bertz CT molecular complexity index is 481. The number of hydrogen-bond acceptors (Lipinski definition) is 3. The first kappa shape index (κ1) is 16.8. The molecule has 0 spiro atoms. The third kappa shape index (κ3) is 5.02. The molecule has 1 atom stereocenters. The molecule has 4 nitrogen and oxygen atoms in total. The maximum atomic E-state index is 12.1. The highest BCUT2D eigenvalue weighted by atomic mass is 16.6. The third-order valence-corrected chi connectivity index (χ3v) is 3.82. The molecular weight excluding hydrogens is 276 g/mol. The standard InChI is InChI=1S/C18H28N2O2/c1-14-7-9-15(10-8-14)16-6-5-12-20(13-11-19-16)17(21)22-18(2,3)4/h7-10,16,19H,5-6,11-13H2,1-4H3/t16-/m0/s1. The summed E-state index contributed by atoms with van der Waals surface area (Å²) >= 11 is 0. The highest BCUT2D eigenvalue weighted by molar-refractivity contribution is 5.68. The maximum Gasteiger partial charge on any atom is 0.410 e. The van der Waals surface area contributed by atoms with Crippen molar-refractivity contribution in [1.82, 2.24) is 10.2 Å². The molecule has 4 heteroatoms. The Morgan fingerprint density at radius 2 is 1.91 bits per heavy atom. The lowest BCUT2D eigenvalue weighted by Gasteiger charge is -2.31. The molecule has 122 valence electrons. The molecule has 1 N–H and O–H groups in total. The number of aryl methyl sites for hydroxylation is 1. The summed E-state index contributed by atoms with van der Waals surface area (Å²) in [6.07, 6.45) is 1.80. The van der Waals surface area contributed by atoms with Crippen LogP contribution < -0.4 is 5.32 Å². The molecule has 1 amide bonds. The fourth-order valence-corrected chi connectivity index (χ4v) is 2.67. The van der Waals surface area contributed by atoms with Crippen molar-refractivity contribution in [3.8, 4) is 0 Å². The summed E-state index contributed by atoms with van der Waals surface area (Å²) in [4.78, 5) is 14.0. The van der Waals surface area contributed by atoms with E-state index in [0.717, 1.165) is 25.9 Å². The molecule has 1 aromatic carbocycles. The van der Waals surface area contributed by atoms with Gasteiger partial charge in [-0.1, -0.05) is 29.8 Å². The summed E-state index contributed by atoms with van der Waals surface area (Å²) in [5.41, 5.74) is 2.18. The average Bonchev–Trinajstić information content (AvgIpc) is 2.38. The number of ether oxygens (including phenoxy) is 1. The van der Waals surface area contributed by atoms with Crippen molar-refractivity contribution >= 4 is 6.09 Å². The number of hydrogen-bond donors (Lipinski definition) is 1. The van der Waals surface area contributed by atoms with E-state index in [0.29, 0.717) is 12.6 Å². The molecule has 0 unspecified atom stereocenters. The monoisotopic (exact) mass is 304 g/mol. The van der Waals surface area contributed by atoms with Crippen molar-refractivity contribution in [2.45, 2.75) is 52.2 Å². The second-order valence-corrected chi connectivity index (χ2v) is 7.03. The summed E-state index contributed by atoms with van der Waals surface area (Å²) in [6, 6.07) is 9.08. The number of nitrogens with one attached hydrogen (secondary N) is 1. The number of benzene rings is 1. The molecule has 22 heavy (non-hydrogen) atoms. The molecule has 1 aromatic rings. The van der Waals surface area contributed by atoms with Crippen LogP contribution >= 0.6 is 0 Å². The van der Waals surface area contributed by atoms with Gasteiger partial charge in [-0.2, -0.15) is 0 Å². The van der Waals surface area contributed by atoms with Gasteiger partial charge in [0, 0.05) is 25.7 Å². The Balaban J connectivity index is 1.90. The predicted octanol–water partition coefficient (Wildman–Crippen LogP) is 3.66. The molecule has 1 aliphatic rings. The number of amides is 1. The van der Waals surface area contributed by atoms with Crippen molar-refractivity contribution in [1.29, 1.82) is 0 Å². The molecule has 2 rings (SSSR count). The van der Waals surface area contributed by atoms with E-state index in [1.165, 1.54) is 11.1 Å². The van der Waals surface area contributed by atoms with Crippen LogP contribution in [0.25, 0.3) is 0 Å². The Kier molecular flexibility index (Phi) is 5.46. The van der Waals surface area contributed by atoms with Crippen LogP contribution in [0.5, 0.6) is 0 Å². The van der Waals surface area contributed by atoms with Gasteiger partial charge < -0.3 is 15.0 Å². The van der Waals surface area contributed by atoms with Crippen LogP contribution in [-0.4, -0.2) is 36.2 Å². The molecule has 0 radical (unpaired) electrons. The van der Waals surface area contributed by atoms with Gasteiger partial charge in [-0.05, 0) is 46.1 Å². The van der Waals surface area contributed by atoms with Gasteiger partial charge in [0.15, 0.2) is 0 Å². The predicted molar refractivity (Wildman–Crippen MR) is 89.0 cm³/mol. The van der Waals surface area contributed by atoms with Crippen molar-refractivity contribution in [3.05, 3.63) is 35.4 Å². The van der Waals surface area contributed by atoms with E-state index < -0.39 is 5.60 Å². The van der Waals surface area contributed by atoms with Crippen LogP contribution in [0.2, 0.25) is 0 Å². The van der Waals surface area contributed by atoms with E-state index in [2.05, 4.69) is 36.5 Å². The van der Waals surface area contributed by atoms with Crippen molar-refractivity contribution in [2.24, 2.45) is 0 Å². The van der Waals surface area contributed by atoms with Crippen LogP contribution in [0.15, 0.2) is 24.3 Å². The zero-order valence-corrected chi connectivity index (χ0v) is 14.2. The zero-order chi connectivity index (χ0) is 16.2. The lowest BCUT2D eigenvalue weighted by molar-refractivity contribution is 0.0237. The first-order valence-electron chi connectivity index (χ1n) is 8.13. The van der Waals surface area contributed by atoms with Crippen molar-refractivity contribution in [2.75, 3.05) is 19.6 Å². The Labute approximate surface area is 133 Å². The first-order chi connectivity index (χ1) is 10.3. The smallest absolute Gasteiger partial charge is 0.410 e. The number of carbonyl (C=O) groups is 1. The molecule has 1 aliphatic heterocycles. The van der Waals surface area contributed by atoms with Gasteiger partial charge in [0.2, 0.25) is 0 Å². The number of rotatable bonds is 1. The van der Waals surface area contributed by atoms with Gasteiger partial charge in [-0.25, -0.2) is 4.79 Å². The molecule has 1 saturated heterocycles. The highest BCUT2D eigenvalue weighted by Crippen LogP contribution is 2.21. The molecule has 0 aromatic heterocycles. The fourth-order valence-electron chi connectivity index (χ4n) is 2.67. The molecule has 1 heterocycles. The summed E-state index contributed by atoms with van der Waals surface area (Å²) in [5.74, 6) is 0. The van der Waals surface area contributed by atoms with E-state index in [1.54, 1.807) is 0 Å². The molecule has 1 fully saturated rings. The molecule has 0 saturated carbocycles. The minimum Gasteiger partial charge on any atom is -0.444 e. The Morgan fingerprint density at radius 1 is 1.23 bits per heavy atom. The van der Waals surface area contributed by atoms with Crippen LogP contribution in [0, 0.1) is 6.92 Å². The average molecular weight is 304 g/mol. The summed E-state index contributed by atoms with van der Waals surface area (Å²) in [5, 5.41) is 3.56. The van der Waals surface area contributed by atoms with Crippen LogP contribution in [0.3, 0.4) is 0 Å². The van der Waals surface area contributed by atoms with E-state index in [1.807, 2.05) is 25.7 Å². The minimum atomic E-state index is -0.433. The fraction of sp³-hybridized carbons (Fsp3) is 0.611. The van der Waals surface area contributed by atoms with Crippen LogP contribution in [0.4, 0.5) is 4.79 Å². The summed E-state index contributed by atoms with van der Waals surface area (Å²) in [7, 11) is 0. The van der Waals surface area contributed by atoms with Gasteiger partial charge in [-0.15, -0.1) is 0 Å². The van der Waals surface area contributed by atoms with E-state index in [4.69, 9.17) is 4.74 Å². The molecule has 0 bridgehead atoms. The molecule has 0 aliphatic carbocycles. The van der Waals surface area contributed by atoms with E-state index >= 15 is 0 Å². The zero-order valence-electron chi connectivity index (χ0n) is 14.2. The Morgan fingerprint density at radius 3 is 2.55 bits per heavy atom. The van der Waals surface area contributed by atoms with Crippen molar-refractivity contribution < 1.29 is 9.53 Å². The van der Waals surface area contributed by atoms with Gasteiger partial charge in [-0.3, -0.25) is 0 Å². The second-order valence-electron chi connectivity index (χ2n) is 7.03. The van der Waals surface area contributed by atoms with Crippen molar-refractivity contribution in [3.63, 3.8) is 0 Å². The van der Waals surface area contributed by atoms with E-state index in [9.17, 15) is 4.79 Å². The van der Waals surface area contributed by atoms with Gasteiger partial charge in [0.05, 0.1) is 0 Å². The lowest BCUT2D eigenvalue weighted by Crippen LogP contribution is -2.43. The van der Waals surface area contributed by atoms with E-state index in [-0.39, 0.29) is 6.09 Å². The van der Waals surface area contributed by atoms with Gasteiger partial charge >= 0.3 is 6.09 Å². The van der Waals surface area contributed by atoms with Gasteiger partial charge in [0.25, 0.3) is 0 Å². The maximum absolute atomic E-state index is 12.1. The second kappa shape index (κ2) is 7.14. The summed E-state index contributed by atoms with van der Waals surface area (Å²) < 4.78 is 5.46. The van der Waals surface area contributed by atoms with Crippen LogP contribution in [-0.2, 0) is 4.74 Å². The number of nitrogens with zero attached hydrogens (tertiary/aromatic N) is 1. The van der Waals surface area contributed by atoms with Gasteiger partial charge in [0.1, 0.15) is 5.60 Å². The lowest BCUT2D eigenvalue weighted by atomic mass is 10.00.